The van der Waals surface area contributed by atoms with Crippen molar-refractivity contribution in [2.24, 2.45) is 5.41 Å². The van der Waals surface area contributed by atoms with E-state index in [1.807, 2.05) is 32.1 Å². The number of hydrogen-bond donors (Lipinski definition) is 0. The molecule has 0 radical (unpaired) electrons. The maximum absolute atomic E-state index is 11.6. The Balaban J connectivity index is 2.74. The van der Waals surface area contributed by atoms with E-state index in [2.05, 4.69) is 40.1 Å². The summed E-state index contributed by atoms with van der Waals surface area (Å²) in [6, 6.07) is 0. The van der Waals surface area contributed by atoms with Gasteiger partial charge in [-0.1, -0.05) is 32.6 Å². The van der Waals surface area contributed by atoms with E-state index in [-0.39, 0.29) is 11.5 Å². The molecule has 1 aliphatic heterocycles. The fourth-order valence-electron chi connectivity index (χ4n) is 2.36. The molecule has 1 saturated heterocycles. The largest absolute Gasteiger partial charge is 0.452 e. The molecule has 1 fully saturated rings. The van der Waals surface area contributed by atoms with Gasteiger partial charge in [0.15, 0.2) is 14.1 Å². The molecule has 0 aliphatic carbocycles. The van der Waals surface area contributed by atoms with Crippen LogP contribution in [0.25, 0.3) is 0 Å². The number of carbonyl (C=O) groups is 1. The predicted molar refractivity (Wildman–Crippen MR) is 106 cm³/mol. The van der Waals surface area contributed by atoms with E-state index >= 15 is 0 Å². The van der Waals surface area contributed by atoms with Gasteiger partial charge in [-0.25, -0.2) is 4.79 Å². The highest BCUT2D eigenvalue weighted by Gasteiger charge is 2.34. The van der Waals surface area contributed by atoms with E-state index in [4.69, 9.17) is 18.6 Å². The van der Waals surface area contributed by atoms with Gasteiger partial charge in [0.1, 0.15) is 6.10 Å². The number of allylic oxidation sites excluding steroid dienone is 2. The van der Waals surface area contributed by atoms with E-state index in [0.717, 1.165) is 6.08 Å². The number of carbonyl (C=O) groups excluding carboxylic acids is 1. The van der Waals surface area contributed by atoms with Crippen molar-refractivity contribution in [2.45, 2.75) is 65.3 Å². The van der Waals surface area contributed by atoms with Crippen molar-refractivity contribution in [1.29, 1.82) is 0 Å². The van der Waals surface area contributed by atoms with Crippen LogP contribution in [0.1, 0.15) is 27.7 Å². The van der Waals surface area contributed by atoms with Crippen molar-refractivity contribution >= 4 is 14.3 Å². The molecule has 0 bridgehead atoms. The van der Waals surface area contributed by atoms with Gasteiger partial charge >= 0.3 is 5.97 Å². The molecule has 0 unspecified atom stereocenters. The molecular formula is C20H34O5Si. The Labute approximate surface area is 159 Å². The normalized spacial score (nSPS) is 22.3. The minimum absolute atomic E-state index is 0.0246. The molecule has 0 spiro atoms. The highest BCUT2D eigenvalue weighted by molar-refractivity contribution is 6.69. The topological polar surface area (TPSA) is 54.0 Å². The van der Waals surface area contributed by atoms with E-state index in [1.54, 1.807) is 6.08 Å². The minimum atomic E-state index is -1.75. The fraction of sp³-hybridized carbons (Fsp3) is 0.650. The highest BCUT2D eigenvalue weighted by atomic mass is 28.4. The summed E-state index contributed by atoms with van der Waals surface area (Å²) in [4.78, 5) is 11.6. The fourth-order valence-corrected chi connectivity index (χ4v) is 3.61. The van der Waals surface area contributed by atoms with E-state index in [1.165, 1.54) is 0 Å². The zero-order valence-corrected chi connectivity index (χ0v) is 18.2. The molecule has 1 rings (SSSR count). The SMILES string of the molecule is C=CC(=O)O[C@@H](/C=C/C=C/C1(C)OCC(C)(C)CO1)[C@H](C)O[Si](C)(C)C. The first kappa shape index (κ1) is 22.8. The summed E-state index contributed by atoms with van der Waals surface area (Å²) >= 11 is 0. The average Bonchev–Trinajstić information content (AvgIpc) is 2.52. The third-order valence-corrected chi connectivity index (χ3v) is 4.81. The van der Waals surface area contributed by atoms with Crippen LogP contribution in [0.4, 0.5) is 0 Å². The molecule has 5 nitrogen and oxygen atoms in total. The summed E-state index contributed by atoms with van der Waals surface area (Å²) in [5.74, 6) is -1.21. The van der Waals surface area contributed by atoms with Crippen molar-refractivity contribution < 1.29 is 23.4 Å². The Kier molecular flexibility index (Phi) is 8.01. The van der Waals surface area contributed by atoms with Gasteiger partial charge in [-0.15, -0.1) is 0 Å². The molecular weight excluding hydrogens is 348 g/mol. The lowest BCUT2D eigenvalue weighted by atomic mass is 9.95. The Morgan fingerprint density at radius 1 is 1.15 bits per heavy atom. The molecule has 0 N–H and O–H groups in total. The summed E-state index contributed by atoms with van der Waals surface area (Å²) in [6.45, 7) is 19.0. The van der Waals surface area contributed by atoms with E-state index < -0.39 is 26.2 Å². The van der Waals surface area contributed by atoms with Crippen molar-refractivity contribution in [2.75, 3.05) is 13.2 Å². The van der Waals surface area contributed by atoms with E-state index in [0.29, 0.717) is 13.2 Å². The number of rotatable bonds is 8. The van der Waals surface area contributed by atoms with Crippen molar-refractivity contribution in [3.05, 3.63) is 37.0 Å². The zero-order chi connectivity index (χ0) is 20.0. The van der Waals surface area contributed by atoms with Gasteiger partial charge in [-0.05, 0) is 45.6 Å². The van der Waals surface area contributed by atoms with Crippen LogP contribution < -0.4 is 0 Å². The number of hydrogen-bond acceptors (Lipinski definition) is 5. The summed E-state index contributed by atoms with van der Waals surface area (Å²) in [5, 5.41) is 0. The third kappa shape index (κ3) is 8.45. The van der Waals surface area contributed by atoms with Gasteiger partial charge < -0.3 is 18.6 Å². The quantitative estimate of drug-likeness (QED) is 0.272. The summed E-state index contributed by atoms with van der Waals surface area (Å²) in [7, 11) is -1.75. The molecule has 0 aromatic rings. The molecule has 1 aliphatic rings. The van der Waals surface area contributed by atoms with Crippen LogP contribution in [-0.4, -0.2) is 45.5 Å². The predicted octanol–water partition coefficient (Wildman–Crippen LogP) is 4.23. The molecule has 2 atom stereocenters. The molecule has 0 amide bonds. The first-order valence-electron chi connectivity index (χ1n) is 9.01. The van der Waals surface area contributed by atoms with Crippen LogP contribution in [0.15, 0.2) is 37.0 Å². The van der Waals surface area contributed by atoms with Crippen LogP contribution >= 0.6 is 0 Å². The lowest BCUT2D eigenvalue weighted by molar-refractivity contribution is -0.262. The molecule has 0 saturated carbocycles. The summed E-state index contributed by atoms with van der Waals surface area (Å²) < 4.78 is 23.1. The summed E-state index contributed by atoms with van der Waals surface area (Å²) in [5.41, 5.74) is 0.0246. The van der Waals surface area contributed by atoms with Crippen molar-refractivity contribution in [3.8, 4) is 0 Å². The summed E-state index contributed by atoms with van der Waals surface area (Å²) in [6.07, 6.45) is 7.75. The molecule has 1 heterocycles. The van der Waals surface area contributed by atoms with Crippen molar-refractivity contribution in [1.82, 2.24) is 0 Å². The lowest BCUT2D eigenvalue weighted by Crippen LogP contribution is -2.44. The zero-order valence-electron chi connectivity index (χ0n) is 17.2. The van der Waals surface area contributed by atoms with E-state index in [9.17, 15) is 4.79 Å². The first-order valence-corrected chi connectivity index (χ1v) is 12.4. The Morgan fingerprint density at radius 3 is 2.23 bits per heavy atom. The molecule has 148 valence electrons. The minimum Gasteiger partial charge on any atom is -0.452 e. The van der Waals surface area contributed by atoms with Crippen molar-refractivity contribution in [3.63, 3.8) is 0 Å². The van der Waals surface area contributed by atoms with Crippen LogP contribution in [0.2, 0.25) is 19.6 Å². The van der Waals surface area contributed by atoms with Crippen LogP contribution in [0.3, 0.4) is 0 Å². The van der Waals surface area contributed by atoms with Gasteiger partial charge in [-0.3, -0.25) is 0 Å². The van der Waals surface area contributed by atoms with Gasteiger partial charge in [0.2, 0.25) is 0 Å². The van der Waals surface area contributed by atoms with Crippen LogP contribution in [-0.2, 0) is 23.4 Å². The maximum atomic E-state index is 11.6. The number of ether oxygens (including phenoxy) is 3. The second kappa shape index (κ2) is 9.13. The van der Waals surface area contributed by atoms with Gasteiger partial charge in [0.05, 0.1) is 19.3 Å². The molecule has 6 heteroatoms. The second-order valence-corrected chi connectivity index (χ2v) is 13.0. The Morgan fingerprint density at radius 2 is 1.73 bits per heavy atom. The van der Waals surface area contributed by atoms with Gasteiger partial charge in [-0.2, -0.15) is 0 Å². The van der Waals surface area contributed by atoms with Crippen LogP contribution in [0, 0.1) is 5.41 Å². The second-order valence-electron chi connectivity index (χ2n) is 8.54. The average molecular weight is 383 g/mol. The highest BCUT2D eigenvalue weighted by Crippen LogP contribution is 2.29. The smallest absolute Gasteiger partial charge is 0.330 e. The number of esters is 1. The monoisotopic (exact) mass is 382 g/mol. The van der Waals surface area contributed by atoms with Gasteiger partial charge in [0, 0.05) is 11.5 Å². The first-order chi connectivity index (χ1) is 11.9. The lowest BCUT2D eigenvalue weighted by Gasteiger charge is -2.39. The third-order valence-electron chi connectivity index (χ3n) is 3.73. The molecule has 26 heavy (non-hydrogen) atoms. The Bertz CT molecular complexity index is 535. The molecule has 0 aromatic heterocycles. The maximum Gasteiger partial charge on any atom is 0.330 e. The Hall–Kier alpha value is -1.21. The van der Waals surface area contributed by atoms with Gasteiger partial charge in [0.25, 0.3) is 0 Å². The molecule has 0 aromatic carbocycles. The van der Waals surface area contributed by atoms with Crippen LogP contribution in [0.5, 0.6) is 0 Å². The standard InChI is InChI=1S/C20H34O5Si/c1-9-18(21)24-17(16(2)25-26(6,7)8)12-10-11-13-20(5)22-14-19(3,4)15-23-20/h9-13,16-17H,1,14-15H2,2-8H3/b12-10+,13-11+/t16-,17-/m0/s1.